The second-order valence-electron chi connectivity index (χ2n) is 8.22. The van der Waals surface area contributed by atoms with E-state index in [4.69, 9.17) is 9.47 Å². The number of benzene rings is 1. The molecule has 0 bridgehead atoms. The zero-order chi connectivity index (χ0) is 19.0. The van der Waals surface area contributed by atoms with E-state index < -0.39 is 0 Å². The summed E-state index contributed by atoms with van der Waals surface area (Å²) in [7, 11) is 0. The van der Waals surface area contributed by atoms with E-state index in [0.29, 0.717) is 43.4 Å². The summed E-state index contributed by atoms with van der Waals surface area (Å²) in [6.45, 7) is 8.89. The highest BCUT2D eigenvalue weighted by Gasteiger charge is 2.27. The van der Waals surface area contributed by atoms with Crippen LogP contribution in [-0.2, 0) is 5.41 Å². The molecular formula is C20H26N4O3. The van der Waals surface area contributed by atoms with E-state index >= 15 is 0 Å². The first-order valence-electron chi connectivity index (χ1n) is 9.53. The Kier molecular flexibility index (Phi) is 4.53. The van der Waals surface area contributed by atoms with Gasteiger partial charge in [0.2, 0.25) is 0 Å². The van der Waals surface area contributed by atoms with Gasteiger partial charge in [-0.1, -0.05) is 26.0 Å². The molecule has 0 saturated carbocycles. The van der Waals surface area contributed by atoms with E-state index in [9.17, 15) is 4.79 Å². The van der Waals surface area contributed by atoms with Crippen LogP contribution in [0.15, 0.2) is 24.4 Å². The van der Waals surface area contributed by atoms with E-state index in [1.54, 1.807) is 6.07 Å². The number of nitrogens with zero attached hydrogens (tertiary/aromatic N) is 4. The van der Waals surface area contributed by atoms with Gasteiger partial charge in [-0.05, 0) is 31.0 Å². The third-order valence-corrected chi connectivity index (χ3v) is 5.19. The molecule has 0 unspecified atom stereocenters. The van der Waals surface area contributed by atoms with Gasteiger partial charge in [-0.2, -0.15) is 0 Å². The molecule has 0 N–H and O–H groups in total. The Morgan fingerprint density at radius 2 is 1.81 bits per heavy atom. The van der Waals surface area contributed by atoms with Gasteiger partial charge in [-0.25, -0.2) is 4.68 Å². The number of carbonyl (C=O) groups is 1. The second kappa shape index (κ2) is 6.87. The number of hydrogen-bond donors (Lipinski definition) is 0. The third-order valence-electron chi connectivity index (χ3n) is 5.19. The van der Waals surface area contributed by atoms with Crippen molar-refractivity contribution >= 4 is 5.91 Å². The topological polar surface area (TPSA) is 69.5 Å². The highest BCUT2D eigenvalue weighted by atomic mass is 16.6. The quantitative estimate of drug-likeness (QED) is 0.813. The minimum atomic E-state index is -0.00679. The molecule has 0 radical (unpaired) electrons. The van der Waals surface area contributed by atoms with Crippen LogP contribution in [-0.4, -0.2) is 52.1 Å². The zero-order valence-electron chi connectivity index (χ0n) is 16.1. The first-order valence-corrected chi connectivity index (χ1v) is 9.53. The van der Waals surface area contributed by atoms with Crippen molar-refractivity contribution in [2.75, 3.05) is 26.3 Å². The molecule has 3 heterocycles. The van der Waals surface area contributed by atoms with Crippen LogP contribution < -0.4 is 9.47 Å². The molecule has 7 nitrogen and oxygen atoms in total. The molecule has 2 aliphatic heterocycles. The molecule has 1 amide bonds. The average molecular weight is 370 g/mol. The maximum Gasteiger partial charge on any atom is 0.253 e. The molecular weight excluding hydrogens is 344 g/mol. The number of fused-ring (bicyclic) bond motifs is 1. The van der Waals surface area contributed by atoms with Gasteiger partial charge in [0.15, 0.2) is 11.5 Å². The van der Waals surface area contributed by atoms with Crippen LogP contribution in [0.5, 0.6) is 11.5 Å². The van der Waals surface area contributed by atoms with Gasteiger partial charge in [0.25, 0.3) is 5.91 Å². The van der Waals surface area contributed by atoms with Crippen LogP contribution in [0.3, 0.4) is 0 Å². The lowest BCUT2D eigenvalue weighted by molar-refractivity contribution is 0.0688. The lowest BCUT2D eigenvalue weighted by atomic mass is 9.93. The van der Waals surface area contributed by atoms with Crippen molar-refractivity contribution in [2.24, 2.45) is 0 Å². The number of rotatable bonds is 2. The first kappa shape index (κ1) is 17.8. The zero-order valence-corrected chi connectivity index (χ0v) is 16.1. The Morgan fingerprint density at radius 3 is 2.48 bits per heavy atom. The number of amides is 1. The smallest absolute Gasteiger partial charge is 0.253 e. The van der Waals surface area contributed by atoms with Crippen molar-refractivity contribution in [1.29, 1.82) is 0 Å². The summed E-state index contributed by atoms with van der Waals surface area (Å²) < 4.78 is 13.1. The monoisotopic (exact) mass is 370 g/mol. The number of hydrogen-bond acceptors (Lipinski definition) is 5. The van der Waals surface area contributed by atoms with Gasteiger partial charge in [0.1, 0.15) is 13.2 Å². The van der Waals surface area contributed by atoms with Gasteiger partial charge >= 0.3 is 0 Å². The van der Waals surface area contributed by atoms with E-state index in [2.05, 4.69) is 31.1 Å². The average Bonchev–Trinajstić information content (AvgIpc) is 3.18. The van der Waals surface area contributed by atoms with E-state index in [0.717, 1.165) is 18.5 Å². The van der Waals surface area contributed by atoms with Crippen molar-refractivity contribution in [3.05, 3.63) is 35.7 Å². The summed E-state index contributed by atoms with van der Waals surface area (Å²) in [4.78, 5) is 14.8. The highest BCUT2D eigenvalue weighted by Crippen LogP contribution is 2.32. The fraction of sp³-hybridized carbons (Fsp3) is 0.550. The summed E-state index contributed by atoms with van der Waals surface area (Å²) in [5, 5.41) is 8.63. The van der Waals surface area contributed by atoms with Crippen molar-refractivity contribution in [2.45, 2.75) is 45.1 Å². The molecule has 2 aliphatic rings. The van der Waals surface area contributed by atoms with Crippen LogP contribution in [0.25, 0.3) is 0 Å². The first-order chi connectivity index (χ1) is 12.9. The molecule has 0 aliphatic carbocycles. The number of likely N-dealkylation sites (tertiary alicyclic amines) is 1. The predicted octanol–water partition coefficient (Wildman–Crippen LogP) is 2.82. The van der Waals surface area contributed by atoms with Gasteiger partial charge < -0.3 is 14.4 Å². The normalized spacial score (nSPS) is 17.8. The number of piperidine rings is 1. The van der Waals surface area contributed by atoms with Crippen molar-refractivity contribution in [3.63, 3.8) is 0 Å². The Labute approximate surface area is 159 Å². The molecule has 144 valence electrons. The molecule has 1 fully saturated rings. The third kappa shape index (κ3) is 3.63. The van der Waals surface area contributed by atoms with Gasteiger partial charge in [0, 0.05) is 30.3 Å². The van der Waals surface area contributed by atoms with Crippen LogP contribution >= 0.6 is 0 Å². The molecule has 0 atom stereocenters. The second-order valence-corrected chi connectivity index (χ2v) is 8.22. The summed E-state index contributed by atoms with van der Waals surface area (Å²) in [6.07, 6.45) is 3.80. The molecule has 1 saturated heterocycles. The van der Waals surface area contributed by atoms with Gasteiger partial charge in [-0.3, -0.25) is 4.79 Å². The van der Waals surface area contributed by atoms with Crippen molar-refractivity contribution < 1.29 is 14.3 Å². The van der Waals surface area contributed by atoms with Crippen LogP contribution in [0.4, 0.5) is 0 Å². The lowest BCUT2D eigenvalue weighted by Crippen LogP contribution is -2.39. The standard InChI is InChI=1S/C20H26N4O3/c1-20(2,3)18-13-24(22-21-18)15-6-8-23(9-7-15)19(25)14-4-5-16-17(12-14)27-11-10-26-16/h4-5,12-13,15H,6-11H2,1-3H3. The maximum atomic E-state index is 12.9. The lowest BCUT2D eigenvalue weighted by Gasteiger charge is -2.32. The Hall–Kier alpha value is -2.57. The van der Waals surface area contributed by atoms with Crippen LogP contribution in [0, 0.1) is 0 Å². The van der Waals surface area contributed by atoms with Gasteiger partial charge in [-0.15, -0.1) is 5.10 Å². The fourth-order valence-electron chi connectivity index (χ4n) is 3.49. The molecule has 4 rings (SSSR count). The molecule has 27 heavy (non-hydrogen) atoms. The molecule has 7 heteroatoms. The van der Waals surface area contributed by atoms with E-state index in [1.165, 1.54) is 0 Å². The summed E-state index contributed by atoms with van der Waals surface area (Å²) in [5.74, 6) is 1.40. The summed E-state index contributed by atoms with van der Waals surface area (Å²) in [6, 6.07) is 5.71. The maximum absolute atomic E-state index is 12.9. The highest BCUT2D eigenvalue weighted by molar-refractivity contribution is 5.95. The minimum absolute atomic E-state index is 0.00679. The molecule has 2 aromatic rings. The predicted molar refractivity (Wildman–Crippen MR) is 100 cm³/mol. The number of aromatic nitrogens is 3. The SMILES string of the molecule is CC(C)(C)c1cn(C2CCN(C(=O)c3ccc4c(c3)OCCO4)CC2)nn1. The van der Waals surface area contributed by atoms with E-state index in [-0.39, 0.29) is 17.4 Å². The minimum Gasteiger partial charge on any atom is -0.486 e. The number of ether oxygens (including phenoxy) is 2. The van der Waals surface area contributed by atoms with E-state index in [1.807, 2.05) is 27.9 Å². The number of carbonyl (C=O) groups excluding carboxylic acids is 1. The molecule has 0 spiro atoms. The van der Waals surface area contributed by atoms with Crippen molar-refractivity contribution in [1.82, 2.24) is 19.9 Å². The Morgan fingerprint density at radius 1 is 1.11 bits per heavy atom. The molecule has 1 aromatic heterocycles. The molecule has 1 aromatic carbocycles. The van der Waals surface area contributed by atoms with Crippen LogP contribution in [0.2, 0.25) is 0 Å². The summed E-state index contributed by atoms with van der Waals surface area (Å²) >= 11 is 0. The van der Waals surface area contributed by atoms with Crippen LogP contribution in [0.1, 0.15) is 55.7 Å². The Bertz CT molecular complexity index is 832. The summed E-state index contributed by atoms with van der Waals surface area (Å²) in [5.41, 5.74) is 1.64. The van der Waals surface area contributed by atoms with Crippen molar-refractivity contribution in [3.8, 4) is 11.5 Å². The Balaban J connectivity index is 1.40. The fourth-order valence-corrected chi connectivity index (χ4v) is 3.49. The van der Waals surface area contributed by atoms with Gasteiger partial charge in [0.05, 0.1) is 11.7 Å². The largest absolute Gasteiger partial charge is 0.486 e.